The van der Waals surface area contributed by atoms with Gasteiger partial charge in [-0.05, 0) is 37.1 Å². The smallest absolute Gasteiger partial charge is 0.220 e. The van der Waals surface area contributed by atoms with Gasteiger partial charge in [0, 0.05) is 18.4 Å². The number of carbonyl (C=O) groups is 1. The van der Waals surface area contributed by atoms with Gasteiger partial charge in [-0.1, -0.05) is 48.0 Å². The standard InChI is InChI=1S/C21H21ClN2O2/c1-14-7-3-4-8-16(14)15(2)24-20(25)11-12-21-23-13-19(26-21)17-9-5-6-10-18(17)22/h3-10,13,15H,11-12H2,1-2H3,(H,24,25)/t15-/m0/s1. The van der Waals surface area contributed by atoms with Crippen LogP contribution in [-0.4, -0.2) is 10.9 Å². The van der Waals surface area contributed by atoms with Crippen molar-refractivity contribution in [3.63, 3.8) is 0 Å². The molecule has 0 unspecified atom stereocenters. The first-order valence-electron chi connectivity index (χ1n) is 8.59. The molecule has 0 aliphatic heterocycles. The van der Waals surface area contributed by atoms with E-state index in [0.29, 0.717) is 29.5 Å². The van der Waals surface area contributed by atoms with Crippen LogP contribution in [0.15, 0.2) is 59.1 Å². The lowest BCUT2D eigenvalue weighted by molar-refractivity contribution is -0.121. The number of hydrogen-bond acceptors (Lipinski definition) is 3. The molecule has 26 heavy (non-hydrogen) atoms. The van der Waals surface area contributed by atoms with E-state index in [1.807, 2.05) is 56.3 Å². The highest BCUT2D eigenvalue weighted by Crippen LogP contribution is 2.28. The molecule has 1 aromatic heterocycles. The van der Waals surface area contributed by atoms with E-state index in [1.165, 1.54) is 0 Å². The number of oxazole rings is 1. The summed E-state index contributed by atoms with van der Waals surface area (Å²) in [5.74, 6) is 1.11. The van der Waals surface area contributed by atoms with Crippen LogP contribution in [0.2, 0.25) is 5.02 Å². The minimum Gasteiger partial charge on any atom is -0.441 e. The third-order valence-electron chi connectivity index (χ3n) is 4.29. The van der Waals surface area contributed by atoms with E-state index in [9.17, 15) is 4.79 Å². The molecule has 0 radical (unpaired) electrons. The maximum absolute atomic E-state index is 12.2. The summed E-state index contributed by atoms with van der Waals surface area (Å²) in [6.45, 7) is 4.03. The highest BCUT2D eigenvalue weighted by Gasteiger charge is 2.14. The van der Waals surface area contributed by atoms with Crippen molar-refractivity contribution in [2.75, 3.05) is 0 Å². The Bertz CT molecular complexity index is 904. The highest BCUT2D eigenvalue weighted by molar-refractivity contribution is 6.33. The largest absolute Gasteiger partial charge is 0.441 e. The number of nitrogens with zero attached hydrogens (tertiary/aromatic N) is 1. The molecule has 0 saturated carbocycles. The summed E-state index contributed by atoms with van der Waals surface area (Å²) in [7, 11) is 0. The zero-order chi connectivity index (χ0) is 18.5. The van der Waals surface area contributed by atoms with Gasteiger partial charge in [0.2, 0.25) is 5.91 Å². The van der Waals surface area contributed by atoms with Gasteiger partial charge in [0.1, 0.15) is 0 Å². The molecule has 3 rings (SSSR count). The zero-order valence-corrected chi connectivity index (χ0v) is 15.6. The second-order valence-corrected chi connectivity index (χ2v) is 6.65. The molecule has 0 saturated heterocycles. The average molecular weight is 369 g/mol. The molecular formula is C21H21ClN2O2. The van der Waals surface area contributed by atoms with E-state index in [1.54, 1.807) is 12.3 Å². The Morgan fingerprint density at radius 2 is 1.92 bits per heavy atom. The SMILES string of the molecule is Cc1ccccc1[C@H](C)NC(=O)CCc1ncc(-c2ccccc2Cl)o1. The molecule has 0 bridgehead atoms. The van der Waals surface area contributed by atoms with Crippen LogP contribution in [0.5, 0.6) is 0 Å². The van der Waals surface area contributed by atoms with Crippen molar-refractivity contribution in [1.29, 1.82) is 0 Å². The van der Waals surface area contributed by atoms with Gasteiger partial charge in [-0.3, -0.25) is 4.79 Å². The van der Waals surface area contributed by atoms with Crippen LogP contribution in [0, 0.1) is 6.92 Å². The number of aryl methyl sites for hydroxylation is 2. The Morgan fingerprint density at radius 1 is 1.19 bits per heavy atom. The number of hydrogen-bond donors (Lipinski definition) is 1. The van der Waals surface area contributed by atoms with Crippen molar-refractivity contribution in [2.45, 2.75) is 32.7 Å². The molecular weight excluding hydrogens is 348 g/mol. The van der Waals surface area contributed by atoms with Crippen molar-refractivity contribution in [2.24, 2.45) is 0 Å². The Kier molecular flexibility index (Phi) is 5.74. The average Bonchev–Trinajstić information content (AvgIpc) is 3.09. The summed E-state index contributed by atoms with van der Waals surface area (Å²) in [6.07, 6.45) is 2.40. The van der Waals surface area contributed by atoms with Gasteiger partial charge in [-0.2, -0.15) is 0 Å². The Hall–Kier alpha value is -2.59. The normalized spacial score (nSPS) is 12.0. The molecule has 1 heterocycles. The van der Waals surface area contributed by atoms with Crippen LogP contribution in [0.3, 0.4) is 0 Å². The number of aromatic nitrogens is 1. The molecule has 3 aromatic rings. The molecule has 0 fully saturated rings. The number of nitrogens with one attached hydrogen (secondary N) is 1. The van der Waals surface area contributed by atoms with Crippen LogP contribution in [-0.2, 0) is 11.2 Å². The predicted molar refractivity (Wildman–Crippen MR) is 103 cm³/mol. The predicted octanol–water partition coefficient (Wildman–Crippen LogP) is 5.11. The molecule has 1 N–H and O–H groups in total. The summed E-state index contributed by atoms with van der Waals surface area (Å²) in [5.41, 5.74) is 3.08. The van der Waals surface area contributed by atoms with Crippen LogP contribution >= 0.6 is 11.6 Å². The summed E-state index contributed by atoms with van der Waals surface area (Å²) in [4.78, 5) is 16.5. The number of rotatable bonds is 6. The molecule has 5 heteroatoms. The molecule has 1 amide bonds. The van der Waals surface area contributed by atoms with Gasteiger partial charge in [0.05, 0.1) is 17.3 Å². The van der Waals surface area contributed by atoms with Gasteiger partial charge in [0.25, 0.3) is 0 Å². The van der Waals surface area contributed by atoms with Gasteiger partial charge < -0.3 is 9.73 Å². The first-order chi connectivity index (χ1) is 12.5. The van der Waals surface area contributed by atoms with E-state index in [0.717, 1.165) is 16.7 Å². The van der Waals surface area contributed by atoms with Gasteiger partial charge in [0.15, 0.2) is 11.7 Å². The molecule has 2 aromatic carbocycles. The van der Waals surface area contributed by atoms with E-state index in [4.69, 9.17) is 16.0 Å². The Morgan fingerprint density at radius 3 is 2.69 bits per heavy atom. The first kappa shape index (κ1) is 18.2. The number of amides is 1. The second-order valence-electron chi connectivity index (χ2n) is 6.24. The fraction of sp³-hybridized carbons (Fsp3) is 0.238. The number of halogens is 1. The van der Waals surface area contributed by atoms with E-state index >= 15 is 0 Å². The van der Waals surface area contributed by atoms with Gasteiger partial charge in [-0.25, -0.2) is 4.98 Å². The lowest BCUT2D eigenvalue weighted by atomic mass is 10.0. The van der Waals surface area contributed by atoms with Gasteiger partial charge in [-0.15, -0.1) is 0 Å². The Labute approximate surface area is 158 Å². The minimum absolute atomic E-state index is 0.0294. The number of benzene rings is 2. The Balaban J connectivity index is 1.57. The third-order valence-corrected chi connectivity index (χ3v) is 4.62. The maximum atomic E-state index is 12.2. The molecule has 4 nitrogen and oxygen atoms in total. The molecule has 134 valence electrons. The third kappa shape index (κ3) is 4.33. The maximum Gasteiger partial charge on any atom is 0.220 e. The molecule has 1 atom stereocenters. The summed E-state index contributed by atoms with van der Waals surface area (Å²) in [6, 6.07) is 15.5. The monoisotopic (exact) mass is 368 g/mol. The molecule has 0 aliphatic carbocycles. The first-order valence-corrected chi connectivity index (χ1v) is 8.97. The van der Waals surface area contributed by atoms with Crippen molar-refractivity contribution in [3.8, 4) is 11.3 Å². The van der Waals surface area contributed by atoms with Crippen molar-refractivity contribution >= 4 is 17.5 Å². The summed E-state index contributed by atoms with van der Waals surface area (Å²) < 4.78 is 5.73. The second kappa shape index (κ2) is 8.19. The van der Waals surface area contributed by atoms with Crippen LogP contribution in [0.1, 0.15) is 36.4 Å². The van der Waals surface area contributed by atoms with Crippen LogP contribution in [0.4, 0.5) is 0 Å². The lowest BCUT2D eigenvalue weighted by Crippen LogP contribution is -2.27. The topological polar surface area (TPSA) is 55.1 Å². The van der Waals surface area contributed by atoms with Crippen LogP contribution in [0.25, 0.3) is 11.3 Å². The minimum atomic E-state index is -0.0352. The van der Waals surface area contributed by atoms with E-state index < -0.39 is 0 Å². The zero-order valence-electron chi connectivity index (χ0n) is 14.8. The summed E-state index contributed by atoms with van der Waals surface area (Å²) in [5, 5.41) is 3.64. The molecule has 0 aliphatic rings. The number of carbonyl (C=O) groups excluding carboxylic acids is 1. The lowest BCUT2D eigenvalue weighted by Gasteiger charge is -2.16. The highest BCUT2D eigenvalue weighted by atomic mass is 35.5. The summed E-state index contributed by atoms with van der Waals surface area (Å²) >= 11 is 6.17. The van der Waals surface area contributed by atoms with E-state index in [2.05, 4.69) is 10.3 Å². The fourth-order valence-electron chi connectivity index (χ4n) is 2.90. The van der Waals surface area contributed by atoms with Crippen LogP contribution < -0.4 is 5.32 Å². The van der Waals surface area contributed by atoms with Gasteiger partial charge >= 0.3 is 0 Å². The van der Waals surface area contributed by atoms with Crippen molar-refractivity contribution < 1.29 is 9.21 Å². The fourth-order valence-corrected chi connectivity index (χ4v) is 3.12. The quantitative estimate of drug-likeness (QED) is 0.657. The van der Waals surface area contributed by atoms with E-state index in [-0.39, 0.29) is 11.9 Å². The molecule has 0 spiro atoms. The van der Waals surface area contributed by atoms with Crippen molar-refractivity contribution in [3.05, 3.63) is 76.8 Å². The van der Waals surface area contributed by atoms with Crippen molar-refractivity contribution in [1.82, 2.24) is 10.3 Å².